The average molecular weight is 340 g/mol. The Bertz CT molecular complexity index is 622. The molecule has 1 N–H and O–H groups in total. The van der Waals surface area contributed by atoms with Crippen LogP contribution in [0.2, 0.25) is 10.0 Å². The smallest absolute Gasteiger partial charge is 0.172 e. The predicted octanol–water partition coefficient (Wildman–Crippen LogP) is 3.81. The monoisotopic (exact) mass is 339 g/mol. The molecule has 1 saturated heterocycles. The van der Waals surface area contributed by atoms with Gasteiger partial charge in [-0.25, -0.2) is 4.68 Å². The molecule has 118 valence electrons. The molecule has 0 unspecified atom stereocenters. The van der Waals surface area contributed by atoms with Gasteiger partial charge in [0.2, 0.25) is 0 Å². The van der Waals surface area contributed by atoms with Gasteiger partial charge in [0, 0.05) is 11.6 Å². The maximum atomic E-state index is 6.14. The summed E-state index contributed by atoms with van der Waals surface area (Å²) in [6.45, 7) is 4.26. The fourth-order valence-corrected chi connectivity index (χ4v) is 3.08. The van der Waals surface area contributed by atoms with Crippen LogP contribution in [0.1, 0.15) is 19.3 Å². The van der Waals surface area contributed by atoms with Crippen LogP contribution >= 0.6 is 23.2 Å². The molecule has 1 aromatic carbocycles. The summed E-state index contributed by atoms with van der Waals surface area (Å²) in [6.07, 6.45) is 5.86. The van der Waals surface area contributed by atoms with Crippen molar-refractivity contribution in [2.24, 2.45) is 0 Å². The minimum absolute atomic E-state index is 0.565. The van der Waals surface area contributed by atoms with Gasteiger partial charge < -0.3 is 10.2 Å². The lowest BCUT2D eigenvalue weighted by atomic mass is 10.1. The molecule has 0 saturated carbocycles. The lowest BCUT2D eigenvalue weighted by Gasteiger charge is -2.25. The highest BCUT2D eigenvalue weighted by Gasteiger charge is 2.10. The van der Waals surface area contributed by atoms with Gasteiger partial charge in [-0.15, -0.1) is 5.10 Å². The van der Waals surface area contributed by atoms with Crippen LogP contribution in [0, 0.1) is 0 Å². The maximum absolute atomic E-state index is 6.14. The topological polar surface area (TPSA) is 46.0 Å². The van der Waals surface area contributed by atoms with Crippen molar-refractivity contribution in [3.8, 4) is 0 Å². The second-order valence-corrected chi connectivity index (χ2v) is 6.36. The number of rotatable bonds is 5. The summed E-state index contributed by atoms with van der Waals surface area (Å²) >= 11 is 12.0. The number of nitrogens with one attached hydrogen (secondary N) is 1. The van der Waals surface area contributed by atoms with E-state index in [1.165, 1.54) is 32.4 Å². The Hall–Kier alpha value is -1.30. The quantitative estimate of drug-likeness (QED) is 0.899. The number of halogens is 2. The molecule has 2 heterocycles. The number of likely N-dealkylation sites (tertiary alicyclic amines) is 1. The van der Waals surface area contributed by atoms with Crippen molar-refractivity contribution < 1.29 is 0 Å². The lowest BCUT2D eigenvalue weighted by Crippen LogP contribution is -2.32. The number of hydrogen-bond acceptors (Lipinski definition) is 4. The zero-order valence-corrected chi connectivity index (χ0v) is 13.8. The lowest BCUT2D eigenvalue weighted by molar-refractivity contribution is 0.217. The van der Waals surface area contributed by atoms with Gasteiger partial charge in [-0.2, -0.15) is 0 Å². The molecule has 1 aromatic heterocycles. The number of piperidine rings is 1. The number of aromatic nitrogens is 3. The number of nitrogens with zero attached hydrogens (tertiary/aromatic N) is 4. The summed E-state index contributed by atoms with van der Waals surface area (Å²) in [5, 5.41) is 12.6. The Labute approximate surface area is 140 Å². The molecule has 5 nitrogen and oxygen atoms in total. The highest BCUT2D eigenvalue weighted by molar-refractivity contribution is 6.36. The van der Waals surface area contributed by atoms with E-state index in [0.717, 1.165) is 18.8 Å². The molecule has 0 spiro atoms. The van der Waals surface area contributed by atoms with E-state index >= 15 is 0 Å². The minimum atomic E-state index is 0.565. The zero-order valence-electron chi connectivity index (χ0n) is 12.3. The minimum Gasteiger partial charge on any atom is -0.336 e. The van der Waals surface area contributed by atoms with E-state index in [-0.39, 0.29) is 0 Å². The standard InChI is InChI=1S/C15H19Cl2N5/c16-12-4-5-14(13(17)10-12)18-15-11-22(20-19-15)9-8-21-6-2-1-3-7-21/h4-5,10-11,18H,1-3,6-9H2. The first-order valence-corrected chi connectivity index (χ1v) is 8.31. The highest BCUT2D eigenvalue weighted by Crippen LogP contribution is 2.27. The second kappa shape index (κ2) is 7.31. The summed E-state index contributed by atoms with van der Waals surface area (Å²) in [6, 6.07) is 5.32. The molecule has 0 amide bonds. The number of anilines is 2. The first kappa shape index (κ1) is 15.6. The maximum Gasteiger partial charge on any atom is 0.172 e. The normalized spacial score (nSPS) is 15.9. The fourth-order valence-electron chi connectivity index (χ4n) is 2.62. The van der Waals surface area contributed by atoms with Gasteiger partial charge in [-0.05, 0) is 44.1 Å². The van der Waals surface area contributed by atoms with E-state index in [2.05, 4.69) is 20.5 Å². The largest absolute Gasteiger partial charge is 0.336 e. The van der Waals surface area contributed by atoms with Crippen LogP contribution in [0.25, 0.3) is 0 Å². The summed E-state index contributed by atoms with van der Waals surface area (Å²) < 4.78 is 1.86. The SMILES string of the molecule is Clc1ccc(Nc2cn(CCN3CCCCC3)nn2)c(Cl)c1. The Morgan fingerprint density at radius 1 is 1.09 bits per heavy atom. The summed E-state index contributed by atoms with van der Waals surface area (Å²) in [4.78, 5) is 2.48. The van der Waals surface area contributed by atoms with Crippen LogP contribution in [0.4, 0.5) is 11.5 Å². The third-order valence-corrected chi connectivity index (χ3v) is 4.37. The summed E-state index contributed by atoms with van der Waals surface area (Å²) in [7, 11) is 0. The van der Waals surface area contributed by atoms with E-state index < -0.39 is 0 Å². The van der Waals surface area contributed by atoms with Crippen LogP contribution < -0.4 is 5.32 Å². The molecular weight excluding hydrogens is 321 g/mol. The highest BCUT2D eigenvalue weighted by atomic mass is 35.5. The Morgan fingerprint density at radius 2 is 1.91 bits per heavy atom. The van der Waals surface area contributed by atoms with Crippen LogP contribution in [0.3, 0.4) is 0 Å². The van der Waals surface area contributed by atoms with Gasteiger partial charge in [0.25, 0.3) is 0 Å². The molecule has 0 radical (unpaired) electrons. The second-order valence-electron chi connectivity index (χ2n) is 5.52. The molecule has 1 fully saturated rings. The van der Waals surface area contributed by atoms with Crippen LogP contribution in [0.15, 0.2) is 24.4 Å². The average Bonchev–Trinajstić information content (AvgIpc) is 2.97. The number of benzene rings is 1. The van der Waals surface area contributed by atoms with Crippen molar-refractivity contribution in [1.82, 2.24) is 19.9 Å². The first-order chi connectivity index (χ1) is 10.7. The predicted molar refractivity (Wildman–Crippen MR) is 90.1 cm³/mol. The molecule has 0 aliphatic carbocycles. The van der Waals surface area contributed by atoms with E-state index in [1.54, 1.807) is 12.1 Å². The van der Waals surface area contributed by atoms with E-state index in [0.29, 0.717) is 15.9 Å². The van der Waals surface area contributed by atoms with Crippen molar-refractivity contribution in [1.29, 1.82) is 0 Å². The van der Waals surface area contributed by atoms with E-state index in [4.69, 9.17) is 23.2 Å². The van der Waals surface area contributed by atoms with E-state index in [1.807, 2.05) is 16.9 Å². The van der Waals surface area contributed by atoms with Crippen LogP contribution in [0.5, 0.6) is 0 Å². The molecule has 7 heteroatoms. The zero-order chi connectivity index (χ0) is 15.4. The summed E-state index contributed by atoms with van der Waals surface area (Å²) in [5.41, 5.74) is 0.772. The van der Waals surface area contributed by atoms with Crippen LogP contribution in [-0.2, 0) is 6.54 Å². The molecular formula is C15H19Cl2N5. The van der Waals surface area contributed by atoms with Gasteiger partial charge >= 0.3 is 0 Å². The molecule has 3 rings (SSSR count). The molecule has 22 heavy (non-hydrogen) atoms. The Morgan fingerprint density at radius 3 is 2.68 bits per heavy atom. The Balaban J connectivity index is 1.56. The summed E-state index contributed by atoms with van der Waals surface area (Å²) in [5.74, 6) is 0.683. The van der Waals surface area contributed by atoms with Gasteiger partial charge in [0.05, 0.1) is 23.5 Å². The van der Waals surface area contributed by atoms with E-state index in [9.17, 15) is 0 Å². The van der Waals surface area contributed by atoms with Crippen molar-refractivity contribution >= 4 is 34.7 Å². The molecule has 0 atom stereocenters. The first-order valence-electron chi connectivity index (χ1n) is 7.55. The Kier molecular flexibility index (Phi) is 5.18. The molecule has 2 aromatic rings. The molecule has 1 aliphatic rings. The third-order valence-electron chi connectivity index (χ3n) is 3.83. The van der Waals surface area contributed by atoms with Gasteiger partial charge in [0.1, 0.15) is 0 Å². The van der Waals surface area contributed by atoms with Crippen molar-refractivity contribution in [2.45, 2.75) is 25.8 Å². The fraction of sp³-hybridized carbons (Fsp3) is 0.467. The third kappa shape index (κ3) is 4.12. The molecule has 0 bridgehead atoms. The van der Waals surface area contributed by atoms with Gasteiger partial charge in [0.15, 0.2) is 5.82 Å². The van der Waals surface area contributed by atoms with Crippen LogP contribution in [-0.4, -0.2) is 39.5 Å². The molecule has 1 aliphatic heterocycles. The number of hydrogen-bond donors (Lipinski definition) is 1. The van der Waals surface area contributed by atoms with Gasteiger partial charge in [-0.1, -0.05) is 34.8 Å². The van der Waals surface area contributed by atoms with Crippen molar-refractivity contribution in [2.75, 3.05) is 25.0 Å². The van der Waals surface area contributed by atoms with Crippen molar-refractivity contribution in [3.05, 3.63) is 34.4 Å². The van der Waals surface area contributed by atoms with Gasteiger partial charge in [-0.3, -0.25) is 0 Å². The van der Waals surface area contributed by atoms with Crippen molar-refractivity contribution in [3.63, 3.8) is 0 Å².